The molecule has 0 aromatic heterocycles. The molecule has 212 valence electrons. The van der Waals surface area contributed by atoms with Gasteiger partial charge in [-0.25, -0.2) is 9.59 Å². The van der Waals surface area contributed by atoms with Crippen molar-refractivity contribution in [1.82, 2.24) is 0 Å². The van der Waals surface area contributed by atoms with Gasteiger partial charge in [-0.1, -0.05) is 68.4 Å². The van der Waals surface area contributed by atoms with Crippen LogP contribution >= 0.6 is 9.24 Å². The summed E-state index contributed by atoms with van der Waals surface area (Å²) in [6.45, 7) is 6.07. The van der Waals surface area contributed by atoms with Gasteiger partial charge in [-0.3, -0.25) is 9.59 Å². The Morgan fingerprint density at radius 1 is 0.769 bits per heavy atom. The molecule has 0 spiro atoms. The van der Waals surface area contributed by atoms with E-state index in [2.05, 4.69) is 80.5 Å². The molecule has 0 amide bonds. The number of ether oxygens (including phenoxy) is 4. The number of carbonyl (C=O) groups is 4. The van der Waals surface area contributed by atoms with Gasteiger partial charge in [0.2, 0.25) is 13.6 Å². The van der Waals surface area contributed by atoms with E-state index in [9.17, 15) is 19.2 Å². The first-order chi connectivity index (χ1) is 19.3. The predicted octanol–water partition coefficient (Wildman–Crippen LogP) is 4.85. The largest absolute Gasteiger partial charge is 0.428 e. The molecule has 0 aromatic carbocycles. The molecule has 7 atom stereocenters. The van der Waals surface area contributed by atoms with E-state index in [1.807, 2.05) is 0 Å². The molecule has 39 heavy (non-hydrogen) atoms. The third kappa shape index (κ3) is 10.4. The summed E-state index contributed by atoms with van der Waals surface area (Å²) >= 11 is 0. The SMILES string of the molecule is C1=CCC=C1.C=CC(=O)OCOC(=O)C=C.O=C(OCOC(=O)C1CC2C=CC1C2)C1CC2C=CC1C2.[2H]CP. The average molecular weight is 560 g/mol. The number of hydrogen-bond donors (Lipinski definition) is 0. The number of hydrogen-bond acceptors (Lipinski definition) is 8. The third-order valence-corrected chi connectivity index (χ3v) is 6.96. The van der Waals surface area contributed by atoms with Crippen LogP contribution in [0.3, 0.4) is 0 Å². The fraction of sp³-hybridized carbons (Fsp3) is 0.467. The lowest BCUT2D eigenvalue weighted by Gasteiger charge is -2.18. The molecule has 0 radical (unpaired) electrons. The third-order valence-electron chi connectivity index (χ3n) is 6.96. The molecule has 5 aliphatic carbocycles. The molecule has 8 nitrogen and oxygen atoms in total. The second kappa shape index (κ2) is 17.4. The van der Waals surface area contributed by atoms with E-state index in [4.69, 9.17) is 10.8 Å². The van der Waals surface area contributed by atoms with Gasteiger partial charge in [0.1, 0.15) is 0 Å². The van der Waals surface area contributed by atoms with Crippen molar-refractivity contribution in [3.8, 4) is 0 Å². The summed E-state index contributed by atoms with van der Waals surface area (Å²) in [7, 11) is 2.25. The minimum Gasteiger partial charge on any atom is -0.428 e. The zero-order valence-corrected chi connectivity index (χ0v) is 23.3. The Balaban J connectivity index is 0.000000247. The summed E-state index contributed by atoms with van der Waals surface area (Å²) in [4.78, 5) is 44.7. The lowest BCUT2D eigenvalue weighted by atomic mass is 9.94. The summed E-state index contributed by atoms with van der Waals surface area (Å²) in [5, 5.41) is 0. The van der Waals surface area contributed by atoms with Crippen LogP contribution in [0.2, 0.25) is 0 Å². The van der Waals surface area contributed by atoms with Gasteiger partial charge in [0, 0.05) is 13.5 Å². The Hall–Kier alpha value is -3.25. The van der Waals surface area contributed by atoms with E-state index in [0.29, 0.717) is 30.3 Å². The molecule has 5 rings (SSSR count). The molecule has 0 aliphatic heterocycles. The molecule has 2 saturated carbocycles. The first-order valence-corrected chi connectivity index (χ1v) is 13.7. The highest BCUT2D eigenvalue weighted by atomic mass is 31.0. The summed E-state index contributed by atoms with van der Waals surface area (Å²) in [5.41, 5.74) is 0. The van der Waals surface area contributed by atoms with E-state index in [1.54, 1.807) is 0 Å². The maximum Gasteiger partial charge on any atom is 0.333 e. The Kier molecular flexibility index (Phi) is 13.5. The fourth-order valence-corrected chi connectivity index (χ4v) is 5.12. The molecular weight excluding hydrogens is 519 g/mol. The van der Waals surface area contributed by atoms with Crippen LogP contribution in [0.1, 0.15) is 33.5 Å². The standard InChI is InChI=1S/C17H20O4.C7H8O4.C5H6.CH5P/c18-16(14-7-10-1-3-12(14)5-10)20-9-21-17(19)15-8-11-2-4-13(15)6-11;1-3-6(8)10-5-11-7(9)4-2;1-2-4-5-3-1;1-2/h1-4,10-15H,5-9H2;3-4H,1-2,5H2;1-4H,5H2;2H2,1H3/i;;;1D. The second-order valence-corrected chi connectivity index (χ2v) is 9.36. The second-order valence-electron chi connectivity index (χ2n) is 9.36. The van der Waals surface area contributed by atoms with Crippen LogP contribution in [0.5, 0.6) is 0 Å². The number of rotatable bonds is 8. The summed E-state index contributed by atoms with van der Waals surface area (Å²) in [5.74, 6) is -0.0494. The molecule has 0 aromatic rings. The van der Waals surface area contributed by atoms with Crippen molar-refractivity contribution in [3.05, 3.63) is 73.9 Å². The van der Waals surface area contributed by atoms with Crippen LogP contribution in [0.15, 0.2) is 73.9 Å². The van der Waals surface area contributed by atoms with E-state index >= 15 is 0 Å². The number of fused-ring (bicyclic) bond motifs is 4. The molecule has 0 N–H and O–H groups in total. The van der Waals surface area contributed by atoms with Crippen LogP contribution in [0.25, 0.3) is 0 Å². The highest BCUT2D eigenvalue weighted by Crippen LogP contribution is 2.45. The normalized spacial score (nSPS) is 27.5. The topological polar surface area (TPSA) is 105 Å². The molecule has 0 saturated heterocycles. The lowest BCUT2D eigenvalue weighted by molar-refractivity contribution is -0.174. The summed E-state index contributed by atoms with van der Waals surface area (Å²) in [6, 6.07) is 0. The van der Waals surface area contributed by atoms with Crippen LogP contribution < -0.4 is 0 Å². The van der Waals surface area contributed by atoms with Crippen molar-refractivity contribution in [2.75, 3.05) is 20.2 Å². The lowest BCUT2D eigenvalue weighted by Crippen LogP contribution is -2.26. The van der Waals surface area contributed by atoms with E-state index < -0.39 is 18.7 Å². The highest BCUT2D eigenvalue weighted by Gasteiger charge is 2.42. The maximum atomic E-state index is 12.0. The minimum absolute atomic E-state index is 0.0378. The van der Waals surface area contributed by atoms with E-state index in [1.165, 1.54) is 0 Å². The first kappa shape index (κ1) is 30.3. The van der Waals surface area contributed by atoms with Crippen molar-refractivity contribution >= 4 is 33.1 Å². The first-order valence-electron chi connectivity index (χ1n) is 13.6. The van der Waals surface area contributed by atoms with Crippen molar-refractivity contribution in [2.45, 2.75) is 32.1 Å². The van der Waals surface area contributed by atoms with E-state index in [0.717, 1.165) is 44.3 Å². The Labute approximate surface area is 234 Å². The maximum absolute atomic E-state index is 12.0. The quantitative estimate of drug-likeness (QED) is 0.137. The van der Waals surface area contributed by atoms with Gasteiger partial charge in [0.15, 0.2) is 0 Å². The average Bonchev–Trinajstić information content (AvgIpc) is 3.80. The number of carbonyl (C=O) groups excluding carboxylic acids is 4. The monoisotopic (exact) mass is 559 g/mol. The van der Waals surface area contributed by atoms with Gasteiger partial charge in [0.05, 0.1) is 11.8 Å². The smallest absolute Gasteiger partial charge is 0.333 e. The zero-order chi connectivity index (χ0) is 29.3. The Morgan fingerprint density at radius 3 is 1.46 bits per heavy atom. The molecule has 9 heteroatoms. The highest BCUT2D eigenvalue weighted by molar-refractivity contribution is 7.15. The molecule has 4 bridgehead atoms. The van der Waals surface area contributed by atoms with Gasteiger partial charge in [-0.2, -0.15) is 0 Å². The minimum atomic E-state index is -0.637. The van der Waals surface area contributed by atoms with Crippen molar-refractivity contribution in [2.24, 2.45) is 35.5 Å². The predicted molar refractivity (Wildman–Crippen MR) is 151 cm³/mol. The fourth-order valence-electron chi connectivity index (χ4n) is 5.12. The van der Waals surface area contributed by atoms with Crippen LogP contribution in [-0.4, -0.2) is 44.1 Å². The number of allylic oxidation sites excluding steroid dienone is 8. The van der Waals surface area contributed by atoms with Crippen molar-refractivity contribution in [1.29, 1.82) is 0 Å². The summed E-state index contributed by atoms with van der Waals surface area (Å²) in [6.07, 6.45) is 24.0. The zero-order valence-electron chi connectivity index (χ0n) is 23.2. The van der Waals surface area contributed by atoms with Crippen LogP contribution in [0, 0.1) is 35.5 Å². The Bertz CT molecular complexity index is 941. The Morgan fingerprint density at radius 2 is 1.18 bits per heavy atom. The van der Waals surface area contributed by atoms with Gasteiger partial charge in [-0.15, -0.1) is 9.24 Å². The molecule has 7 unspecified atom stereocenters. The van der Waals surface area contributed by atoms with Gasteiger partial charge in [0.25, 0.3) is 0 Å². The number of esters is 4. The van der Waals surface area contributed by atoms with Gasteiger partial charge >= 0.3 is 23.9 Å². The molecule has 0 heterocycles. The van der Waals surface area contributed by atoms with Crippen molar-refractivity contribution < 1.29 is 39.5 Å². The summed E-state index contributed by atoms with van der Waals surface area (Å²) < 4.78 is 25.1. The molecule has 2 fully saturated rings. The van der Waals surface area contributed by atoms with Crippen molar-refractivity contribution in [3.63, 3.8) is 0 Å². The molecule has 5 aliphatic rings. The molecular formula is C30H39O8P. The van der Waals surface area contributed by atoms with Crippen LogP contribution in [0.4, 0.5) is 0 Å². The van der Waals surface area contributed by atoms with Gasteiger partial charge in [-0.05, 0) is 55.8 Å². The van der Waals surface area contributed by atoms with E-state index in [-0.39, 0.29) is 30.6 Å². The van der Waals surface area contributed by atoms with Crippen LogP contribution in [-0.2, 0) is 38.1 Å². The van der Waals surface area contributed by atoms with Gasteiger partial charge < -0.3 is 18.9 Å².